The van der Waals surface area contributed by atoms with Gasteiger partial charge < -0.3 is 23.9 Å². The molecule has 0 aliphatic rings. The standard InChI is InChI=1S/C26H31N3O6/c1-5-6-7-10-13-29-20-12-9-8-11-19(20)23(30)22(26(29)32)25(31)28-27-16-17-14-18(33-2)15-21(34-3)24(17)35-4/h8-9,11-12,14-16,30H,5-7,10,13H2,1-4H3,(H,28,31)/b27-16-. The number of unbranched alkanes of at least 4 members (excludes halogenated alkanes) is 3. The summed E-state index contributed by atoms with van der Waals surface area (Å²) in [5, 5.41) is 15.2. The summed E-state index contributed by atoms with van der Waals surface area (Å²) >= 11 is 0. The lowest BCUT2D eigenvalue weighted by molar-refractivity contribution is 0.0950. The summed E-state index contributed by atoms with van der Waals surface area (Å²) in [6.07, 6.45) is 5.24. The molecule has 0 fully saturated rings. The Morgan fingerprint density at radius 3 is 2.54 bits per heavy atom. The predicted molar refractivity (Wildman–Crippen MR) is 135 cm³/mol. The topological polar surface area (TPSA) is 111 Å². The molecule has 3 rings (SSSR count). The van der Waals surface area contributed by atoms with Gasteiger partial charge in [0.25, 0.3) is 11.5 Å². The van der Waals surface area contributed by atoms with Crippen LogP contribution in [-0.4, -0.2) is 43.1 Å². The Hall–Kier alpha value is -4.01. The molecule has 0 spiro atoms. The Balaban J connectivity index is 1.95. The molecule has 9 heteroatoms. The highest BCUT2D eigenvalue weighted by atomic mass is 16.5. The zero-order valence-corrected chi connectivity index (χ0v) is 20.5. The van der Waals surface area contributed by atoms with Crippen LogP contribution in [0.5, 0.6) is 23.0 Å². The van der Waals surface area contributed by atoms with E-state index in [2.05, 4.69) is 17.5 Å². The van der Waals surface area contributed by atoms with Crippen LogP contribution in [0.1, 0.15) is 48.5 Å². The Labute approximate surface area is 203 Å². The Morgan fingerprint density at radius 1 is 1.09 bits per heavy atom. The Kier molecular flexibility index (Phi) is 8.72. The maximum Gasteiger partial charge on any atom is 0.280 e. The van der Waals surface area contributed by atoms with Crippen LogP contribution in [0.4, 0.5) is 0 Å². The highest BCUT2D eigenvalue weighted by molar-refractivity contribution is 6.02. The monoisotopic (exact) mass is 481 g/mol. The van der Waals surface area contributed by atoms with Crippen molar-refractivity contribution in [1.82, 2.24) is 9.99 Å². The second-order valence-electron chi connectivity index (χ2n) is 7.91. The molecule has 0 unspecified atom stereocenters. The molecule has 0 atom stereocenters. The zero-order chi connectivity index (χ0) is 25.4. The van der Waals surface area contributed by atoms with Crippen LogP contribution in [-0.2, 0) is 6.54 Å². The fraction of sp³-hybridized carbons (Fsp3) is 0.346. The van der Waals surface area contributed by atoms with E-state index in [0.29, 0.717) is 40.3 Å². The largest absolute Gasteiger partial charge is 0.506 e. The SMILES string of the molecule is CCCCCCn1c(=O)c(C(=O)N/N=C\c2cc(OC)cc(OC)c2OC)c(O)c2ccccc21. The van der Waals surface area contributed by atoms with Crippen molar-refractivity contribution in [2.45, 2.75) is 39.2 Å². The van der Waals surface area contributed by atoms with Crippen molar-refractivity contribution in [2.75, 3.05) is 21.3 Å². The first kappa shape index (κ1) is 25.6. The summed E-state index contributed by atoms with van der Waals surface area (Å²) in [4.78, 5) is 26.2. The summed E-state index contributed by atoms with van der Waals surface area (Å²) in [6.45, 7) is 2.56. The number of benzene rings is 2. The van der Waals surface area contributed by atoms with Crippen LogP contribution in [0, 0.1) is 0 Å². The third kappa shape index (κ3) is 5.56. The molecule has 0 aliphatic heterocycles. The lowest BCUT2D eigenvalue weighted by Gasteiger charge is -2.14. The molecule has 1 amide bonds. The van der Waals surface area contributed by atoms with Gasteiger partial charge in [-0.2, -0.15) is 5.10 Å². The average Bonchev–Trinajstić information content (AvgIpc) is 2.87. The highest BCUT2D eigenvalue weighted by Gasteiger charge is 2.22. The summed E-state index contributed by atoms with van der Waals surface area (Å²) in [6, 6.07) is 10.3. The van der Waals surface area contributed by atoms with Gasteiger partial charge in [0.15, 0.2) is 11.5 Å². The second kappa shape index (κ2) is 11.9. The number of aryl methyl sites for hydroxylation is 1. The smallest absolute Gasteiger partial charge is 0.280 e. The molecule has 2 N–H and O–H groups in total. The summed E-state index contributed by atoms with van der Waals surface area (Å²) in [7, 11) is 4.49. The van der Waals surface area contributed by atoms with Gasteiger partial charge in [0.1, 0.15) is 17.1 Å². The first-order valence-electron chi connectivity index (χ1n) is 11.4. The summed E-state index contributed by atoms with van der Waals surface area (Å²) < 4.78 is 17.5. The van der Waals surface area contributed by atoms with E-state index in [1.54, 1.807) is 41.0 Å². The molecule has 35 heavy (non-hydrogen) atoms. The minimum Gasteiger partial charge on any atom is -0.506 e. The van der Waals surface area contributed by atoms with E-state index in [0.717, 1.165) is 25.7 Å². The number of carbonyl (C=O) groups excluding carboxylic acids is 1. The molecule has 0 aliphatic carbocycles. The Bertz CT molecular complexity index is 1280. The molecule has 1 heterocycles. The normalized spacial score (nSPS) is 11.1. The number of ether oxygens (including phenoxy) is 3. The molecule has 9 nitrogen and oxygen atoms in total. The molecule has 0 bridgehead atoms. The van der Waals surface area contributed by atoms with E-state index in [4.69, 9.17) is 14.2 Å². The lowest BCUT2D eigenvalue weighted by Crippen LogP contribution is -2.31. The first-order chi connectivity index (χ1) is 17.0. The number of hydrogen-bond acceptors (Lipinski definition) is 7. The number of nitrogens with zero attached hydrogens (tertiary/aromatic N) is 2. The zero-order valence-electron chi connectivity index (χ0n) is 20.5. The van der Waals surface area contributed by atoms with Gasteiger partial charge in [-0.15, -0.1) is 0 Å². The quantitative estimate of drug-likeness (QED) is 0.243. The van der Waals surface area contributed by atoms with Crippen molar-refractivity contribution in [2.24, 2.45) is 5.10 Å². The van der Waals surface area contributed by atoms with Crippen molar-refractivity contribution in [3.63, 3.8) is 0 Å². The number of aromatic hydroxyl groups is 1. The molecule has 0 radical (unpaired) electrons. The van der Waals surface area contributed by atoms with E-state index in [1.807, 2.05) is 0 Å². The molecule has 2 aromatic carbocycles. The van der Waals surface area contributed by atoms with Crippen molar-refractivity contribution in [3.8, 4) is 23.0 Å². The number of hydrazone groups is 1. The van der Waals surface area contributed by atoms with Crippen molar-refractivity contribution >= 4 is 23.0 Å². The maximum atomic E-state index is 13.2. The van der Waals surface area contributed by atoms with Crippen molar-refractivity contribution in [3.05, 3.63) is 57.9 Å². The fourth-order valence-corrected chi connectivity index (χ4v) is 3.91. The van der Waals surface area contributed by atoms with Gasteiger partial charge in [-0.25, -0.2) is 5.43 Å². The van der Waals surface area contributed by atoms with Gasteiger partial charge in [-0.1, -0.05) is 38.3 Å². The minimum absolute atomic E-state index is 0.355. The number of fused-ring (bicyclic) bond motifs is 1. The number of para-hydroxylation sites is 1. The third-order valence-corrected chi connectivity index (χ3v) is 5.69. The van der Waals surface area contributed by atoms with Crippen LogP contribution < -0.4 is 25.2 Å². The number of methoxy groups -OCH3 is 3. The number of carbonyl (C=O) groups is 1. The van der Waals surface area contributed by atoms with Crippen molar-refractivity contribution < 1.29 is 24.1 Å². The molecule has 3 aromatic rings. The van der Waals surface area contributed by atoms with Gasteiger partial charge >= 0.3 is 0 Å². The fourth-order valence-electron chi connectivity index (χ4n) is 3.91. The van der Waals surface area contributed by atoms with Crippen molar-refractivity contribution in [1.29, 1.82) is 0 Å². The van der Waals surface area contributed by atoms with Gasteiger partial charge in [0.05, 0.1) is 33.1 Å². The number of aromatic nitrogens is 1. The second-order valence-corrected chi connectivity index (χ2v) is 7.91. The number of amides is 1. The maximum absolute atomic E-state index is 13.2. The first-order valence-corrected chi connectivity index (χ1v) is 11.4. The molecule has 186 valence electrons. The van der Waals surface area contributed by atoms with Crippen LogP contribution in [0.3, 0.4) is 0 Å². The van der Waals surface area contributed by atoms with E-state index in [1.165, 1.54) is 27.5 Å². The van der Waals surface area contributed by atoms with E-state index >= 15 is 0 Å². The number of hydrogen-bond donors (Lipinski definition) is 2. The average molecular weight is 482 g/mol. The van der Waals surface area contributed by atoms with Gasteiger partial charge in [-0.05, 0) is 24.6 Å². The lowest BCUT2D eigenvalue weighted by atomic mass is 10.1. The van der Waals surface area contributed by atoms with Crippen LogP contribution >= 0.6 is 0 Å². The summed E-state index contributed by atoms with van der Waals surface area (Å²) in [5.41, 5.74) is 2.49. The van der Waals surface area contributed by atoms with Gasteiger partial charge in [0, 0.05) is 23.6 Å². The van der Waals surface area contributed by atoms with Gasteiger partial charge in [0.2, 0.25) is 0 Å². The van der Waals surface area contributed by atoms with Crippen LogP contribution in [0.25, 0.3) is 10.9 Å². The molecule has 0 saturated carbocycles. The van der Waals surface area contributed by atoms with Gasteiger partial charge in [-0.3, -0.25) is 9.59 Å². The molecular weight excluding hydrogens is 450 g/mol. The highest BCUT2D eigenvalue weighted by Crippen LogP contribution is 2.34. The van der Waals surface area contributed by atoms with E-state index in [-0.39, 0.29) is 11.3 Å². The molecule has 1 aromatic heterocycles. The number of pyridine rings is 1. The van der Waals surface area contributed by atoms with Crippen LogP contribution in [0.15, 0.2) is 46.3 Å². The van der Waals surface area contributed by atoms with Crippen LogP contribution in [0.2, 0.25) is 0 Å². The van der Waals surface area contributed by atoms with E-state index < -0.39 is 11.5 Å². The summed E-state index contributed by atoms with van der Waals surface area (Å²) in [5.74, 6) is 0.148. The predicted octanol–water partition coefficient (Wildman–Crippen LogP) is 4.08. The van der Waals surface area contributed by atoms with E-state index in [9.17, 15) is 14.7 Å². The Morgan fingerprint density at radius 2 is 1.86 bits per heavy atom. The minimum atomic E-state index is -0.814. The number of rotatable bonds is 11. The third-order valence-electron chi connectivity index (χ3n) is 5.69. The molecular formula is C26H31N3O6. The number of nitrogens with one attached hydrogen (secondary N) is 1. The molecule has 0 saturated heterocycles.